The molecule has 0 atom stereocenters. The molecule has 0 aliphatic carbocycles. The second-order valence-corrected chi connectivity index (χ2v) is 1.28. The predicted octanol–water partition coefficient (Wildman–Crippen LogP) is 0.208. The van der Waals surface area contributed by atoms with Gasteiger partial charge in [0.05, 0.1) is 0 Å². The zero-order valence-electron chi connectivity index (χ0n) is 5.47. The fraction of sp³-hybridized carbons (Fsp3) is 0.200. The standard InChI is InChI=1S/C5H4BN2/c1-4(6)5(2-7)3-8/h6H,1H3/i6D. The van der Waals surface area contributed by atoms with Gasteiger partial charge in [0.2, 0.25) is 0 Å². The lowest BCUT2D eigenvalue weighted by Crippen LogP contribution is -1.79. The average molecular weight is 104 g/mol. The van der Waals surface area contributed by atoms with Gasteiger partial charge in [-0.05, 0) is 1.34 Å². The minimum Gasteiger partial charge on any atom is -0.192 e. The van der Waals surface area contributed by atoms with Gasteiger partial charge in [-0.25, -0.2) is 0 Å². The summed E-state index contributed by atoms with van der Waals surface area (Å²) >= 11 is 0. The van der Waals surface area contributed by atoms with Crippen molar-refractivity contribution >= 4 is 7.81 Å². The van der Waals surface area contributed by atoms with E-state index in [2.05, 4.69) is 0 Å². The molecule has 3 heteroatoms. The largest absolute Gasteiger partial charge is 0.192 e. The molecule has 0 N–H and O–H groups in total. The summed E-state index contributed by atoms with van der Waals surface area (Å²) in [6, 6.07) is 3.34. The Balaban J connectivity index is 4.49. The van der Waals surface area contributed by atoms with Gasteiger partial charge in [-0.15, -0.1) is 0 Å². The highest BCUT2D eigenvalue weighted by Gasteiger charge is 1.90. The highest BCUT2D eigenvalue weighted by atomic mass is 14.3. The monoisotopic (exact) mass is 104 g/mol. The van der Waals surface area contributed by atoms with E-state index in [0.717, 1.165) is 7.81 Å². The highest BCUT2D eigenvalue weighted by molar-refractivity contribution is 6.22. The van der Waals surface area contributed by atoms with Gasteiger partial charge in [0.15, 0.2) is 0 Å². The molecular weight excluding hydrogens is 98.9 g/mol. The summed E-state index contributed by atoms with van der Waals surface area (Å²) in [5.41, 5.74) is 0.407. The fourth-order valence-electron chi connectivity index (χ4n) is 0.201. The van der Waals surface area contributed by atoms with E-state index in [4.69, 9.17) is 11.9 Å². The molecule has 37 valence electrons. The first kappa shape index (κ1) is 4.93. The van der Waals surface area contributed by atoms with Gasteiger partial charge < -0.3 is 0 Å². The summed E-state index contributed by atoms with van der Waals surface area (Å²) in [7, 11) is 0.988. The third kappa shape index (κ3) is 1.49. The number of nitrogens with zero attached hydrogens (tertiary/aromatic N) is 2. The first-order valence-electron chi connectivity index (χ1n) is 2.56. The summed E-state index contributed by atoms with van der Waals surface area (Å²) in [6.07, 6.45) is 0. The van der Waals surface area contributed by atoms with Crippen LogP contribution in [0.4, 0.5) is 0 Å². The molecule has 0 unspecified atom stereocenters. The van der Waals surface area contributed by atoms with Crippen LogP contribution >= 0.6 is 0 Å². The quantitative estimate of drug-likeness (QED) is 0.352. The molecule has 0 aliphatic heterocycles. The Morgan fingerprint density at radius 3 is 2.25 bits per heavy atom. The smallest absolute Gasteiger partial charge is 0.126 e. The Morgan fingerprint density at radius 1 is 1.62 bits per heavy atom. The van der Waals surface area contributed by atoms with Gasteiger partial charge >= 0.3 is 0 Å². The lowest BCUT2D eigenvalue weighted by molar-refractivity contribution is 1.44. The zero-order chi connectivity index (χ0) is 7.28. The van der Waals surface area contributed by atoms with E-state index in [-0.39, 0.29) is 5.57 Å². The molecule has 0 spiro atoms. The second kappa shape index (κ2) is 2.88. The van der Waals surface area contributed by atoms with Crippen molar-refractivity contribution in [3.05, 3.63) is 11.0 Å². The Labute approximate surface area is 50.8 Å². The van der Waals surface area contributed by atoms with E-state index in [1.165, 1.54) is 0 Å². The molecule has 0 aromatic rings. The molecule has 2 nitrogen and oxygen atoms in total. The average Bonchev–Trinajstić information content (AvgIpc) is 1.90. The molecule has 0 saturated heterocycles. The Kier molecular flexibility index (Phi) is 1.77. The highest BCUT2D eigenvalue weighted by Crippen LogP contribution is 1.93. The molecule has 0 rings (SSSR count). The minimum atomic E-state index is 0.00463. The van der Waals surface area contributed by atoms with Crippen molar-refractivity contribution in [1.29, 1.82) is 11.9 Å². The predicted molar refractivity (Wildman–Crippen MR) is 31.1 cm³/mol. The van der Waals surface area contributed by atoms with Crippen LogP contribution in [-0.4, -0.2) is 9.15 Å². The van der Waals surface area contributed by atoms with Gasteiger partial charge in [-0.2, -0.15) is 10.5 Å². The van der Waals surface area contributed by atoms with Crippen molar-refractivity contribution in [3.8, 4) is 12.1 Å². The summed E-state index contributed by atoms with van der Waals surface area (Å²) in [6.45, 7) is 1.55. The number of allylic oxidation sites excluding steroid dienone is 2. The van der Waals surface area contributed by atoms with Crippen molar-refractivity contribution in [3.63, 3.8) is 0 Å². The normalized spacial score (nSPS) is 7.62. The molecule has 0 fully saturated rings. The molecule has 0 aliphatic rings. The Morgan fingerprint density at radius 2 is 2.12 bits per heavy atom. The number of nitriles is 2. The molecular formula is C5H4BN2. The summed E-state index contributed by atoms with van der Waals surface area (Å²) in [5, 5.41) is 16.4. The fourth-order valence-corrected chi connectivity index (χ4v) is 0.201. The molecule has 1 radical (unpaired) electrons. The molecule has 0 heterocycles. The lowest BCUT2D eigenvalue weighted by atomic mass is 9.93. The van der Waals surface area contributed by atoms with E-state index in [1.54, 1.807) is 19.1 Å². The van der Waals surface area contributed by atoms with E-state index >= 15 is 0 Å². The van der Waals surface area contributed by atoms with Gasteiger partial charge in [0.25, 0.3) is 0 Å². The van der Waals surface area contributed by atoms with Crippen LogP contribution in [0.3, 0.4) is 0 Å². The molecule has 0 saturated carbocycles. The summed E-state index contributed by atoms with van der Waals surface area (Å²) in [5.74, 6) is 0. The number of hydrogen-bond acceptors (Lipinski definition) is 2. The first-order chi connectivity index (χ1) is 4.26. The van der Waals surface area contributed by atoms with Crippen LogP contribution in [0.1, 0.15) is 6.92 Å². The van der Waals surface area contributed by atoms with Crippen LogP contribution in [0.25, 0.3) is 0 Å². The maximum Gasteiger partial charge on any atom is 0.126 e. The Bertz CT molecular complexity index is 192. The van der Waals surface area contributed by atoms with E-state index in [9.17, 15) is 0 Å². The van der Waals surface area contributed by atoms with Crippen LogP contribution in [0.2, 0.25) is 0 Å². The maximum absolute atomic E-state index is 8.19. The zero-order valence-corrected chi connectivity index (χ0v) is 4.47. The maximum atomic E-state index is 8.19. The van der Waals surface area contributed by atoms with E-state index in [0.29, 0.717) is 5.47 Å². The number of hydrogen-bond donors (Lipinski definition) is 0. The molecule has 8 heavy (non-hydrogen) atoms. The van der Waals surface area contributed by atoms with Crippen molar-refractivity contribution in [2.24, 2.45) is 0 Å². The van der Waals surface area contributed by atoms with Crippen molar-refractivity contribution in [2.75, 3.05) is 0 Å². The molecule has 0 aromatic carbocycles. The van der Waals surface area contributed by atoms with Crippen molar-refractivity contribution in [2.45, 2.75) is 6.92 Å². The van der Waals surface area contributed by atoms with Crippen LogP contribution in [0.15, 0.2) is 11.0 Å². The topological polar surface area (TPSA) is 47.6 Å². The van der Waals surface area contributed by atoms with E-state index in [1.807, 2.05) is 0 Å². The molecule has 0 aromatic heterocycles. The van der Waals surface area contributed by atoms with E-state index < -0.39 is 0 Å². The molecule has 0 amide bonds. The van der Waals surface area contributed by atoms with Crippen molar-refractivity contribution < 1.29 is 0 Å². The number of rotatable bonds is 1. The van der Waals surface area contributed by atoms with Gasteiger partial charge in [0.1, 0.15) is 25.5 Å². The minimum absolute atomic E-state index is 0.00463. The molecule has 0 bridgehead atoms. The van der Waals surface area contributed by atoms with Crippen LogP contribution in [0, 0.1) is 22.7 Å². The van der Waals surface area contributed by atoms with Gasteiger partial charge in [0, 0.05) is 0 Å². The second-order valence-electron chi connectivity index (χ2n) is 1.28. The SMILES string of the molecule is [2H][B]C(C)=C(C#N)C#N. The third-order valence-electron chi connectivity index (χ3n) is 0.618. The lowest BCUT2D eigenvalue weighted by Gasteiger charge is -1.82. The third-order valence-corrected chi connectivity index (χ3v) is 0.618. The van der Waals surface area contributed by atoms with Crippen LogP contribution in [-0.2, 0) is 0 Å². The van der Waals surface area contributed by atoms with Gasteiger partial charge in [-0.3, -0.25) is 0 Å². The van der Waals surface area contributed by atoms with Crippen molar-refractivity contribution in [1.82, 2.24) is 0 Å². The summed E-state index contributed by atoms with van der Waals surface area (Å²) < 4.78 is 6.66. The van der Waals surface area contributed by atoms with Crippen LogP contribution in [0.5, 0.6) is 0 Å². The van der Waals surface area contributed by atoms with Gasteiger partial charge in [-0.1, -0.05) is 12.4 Å². The first-order valence-corrected chi connectivity index (χ1v) is 1.99. The van der Waals surface area contributed by atoms with Crippen LogP contribution < -0.4 is 0 Å². The Hall–Kier alpha value is -1.22. The summed E-state index contributed by atoms with van der Waals surface area (Å²) in [4.78, 5) is 0.